The van der Waals surface area contributed by atoms with E-state index in [-0.39, 0.29) is 42.4 Å². The van der Waals surface area contributed by atoms with Gasteiger partial charge in [-0.1, -0.05) is 54.6 Å². The van der Waals surface area contributed by atoms with E-state index in [0.29, 0.717) is 80.7 Å². The highest BCUT2D eigenvalue weighted by atomic mass is 16.6. The van der Waals surface area contributed by atoms with E-state index < -0.39 is 46.5 Å². The fourth-order valence-electron chi connectivity index (χ4n) is 8.33. The van der Waals surface area contributed by atoms with Gasteiger partial charge in [0.2, 0.25) is 0 Å². The van der Waals surface area contributed by atoms with Crippen molar-refractivity contribution in [2.24, 2.45) is 10.8 Å². The number of benzene rings is 5. The van der Waals surface area contributed by atoms with E-state index in [1.54, 1.807) is 154 Å². The van der Waals surface area contributed by atoms with Gasteiger partial charge in [-0.25, -0.2) is 14.4 Å². The molecule has 10 rings (SSSR count). The lowest BCUT2D eigenvalue weighted by molar-refractivity contribution is -0.155. The highest BCUT2D eigenvalue weighted by molar-refractivity contribution is 5.90. The average Bonchev–Trinajstić information content (AvgIpc) is 1.95. The lowest BCUT2D eigenvalue weighted by Crippen LogP contribution is -2.22. The number of esters is 2. The van der Waals surface area contributed by atoms with Crippen molar-refractivity contribution in [3.05, 3.63) is 224 Å². The number of carbonyl (C=O) groups excluding carboxylic acids is 4. The summed E-state index contributed by atoms with van der Waals surface area (Å²) in [6.45, 7) is 18.9. The molecule has 5 aromatic carbocycles. The second-order valence-corrected chi connectivity index (χ2v) is 22.9. The molecule has 3 unspecified atom stereocenters. The third kappa shape index (κ3) is 20.2. The van der Waals surface area contributed by atoms with Crippen LogP contribution in [0, 0.1) is 36.2 Å². The number of aldehydes is 1. The standard InChI is InChI=1S/C29H29NO8.C18H22O5.C13H12O4.C11H7NO3/c1-17-13-25(31)38-23-14-19(11-12-22(17)23)30-28(33)35-18(2)26-24(36-20-9-7-6-8-10-20)15-21(37-26)16-34-27(32)29(3,4)5;1-12(19)16-15(22-13-8-6-5-7-9-13)10-14(23-16)11-21-17(20)18(2,3)4;1-9(15)13-12(7-11(8-14)17-13)16-10-5-3-2-4-6-10;1-7-4-11(13)15-10-5-8(14-6-12)2-3-9(7)10/h6-15,18H,16H2,1-5H3,(H,30,33);5-10,12,19H,11H2,1-4H3;2-9,15H,1H3;2-5H,1H3. The minimum atomic E-state index is -0.860. The minimum absolute atomic E-state index is 0.00598. The van der Waals surface area contributed by atoms with Crippen molar-refractivity contribution in [1.82, 2.24) is 0 Å². The molecule has 0 saturated carbocycles. The van der Waals surface area contributed by atoms with Gasteiger partial charge in [0.15, 0.2) is 52.7 Å². The number of amides is 1. The largest absolute Gasteiger partial charge is 0.457 e. The van der Waals surface area contributed by atoms with Gasteiger partial charge >= 0.3 is 29.3 Å². The van der Waals surface area contributed by atoms with Crippen LogP contribution in [-0.4, -0.2) is 34.5 Å². The van der Waals surface area contributed by atoms with Gasteiger partial charge in [-0.15, -0.1) is 5.26 Å². The Morgan fingerprint density at radius 2 is 0.957 bits per heavy atom. The average molecular weight is 1270 g/mol. The molecule has 22 heteroatoms. The van der Waals surface area contributed by atoms with Crippen LogP contribution in [0.4, 0.5) is 10.5 Å². The van der Waals surface area contributed by atoms with Crippen molar-refractivity contribution >= 4 is 51.9 Å². The molecule has 0 fully saturated rings. The van der Waals surface area contributed by atoms with E-state index in [4.69, 9.17) is 55.8 Å². The number of hydrogen-bond acceptors (Lipinski definition) is 21. The first-order valence-corrected chi connectivity index (χ1v) is 29.0. The summed E-state index contributed by atoms with van der Waals surface area (Å²) in [5.41, 5.74) is 0.633. The van der Waals surface area contributed by atoms with Crippen molar-refractivity contribution in [2.75, 3.05) is 5.32 Å². The Morgan fingerprint density at radius 1 is 0.538 bits per heavy atom. The quantitative estimate of drug-likeness (QED) is 0.0251. The Morgan fingerprint density at radius 3 is 1.40 bits per heavy atom. The van der Waals surface area contributed by atoms with Crippen LogP contribution < -0.4 is 35.5 Å². The van der Waals surface area contributed by atoms with Gasteiger partial charge in [-0.3, -0.25) is 19.7 Å². The number of para-hydroxylation sites is 3. The van der Waals surface area contributed by atoms with Crippen molar-refractivity contribution in [3.8, 4) is 46.5 Å². The summed E-state index contributed by atoms with van der Waals surface area (Å²) in [6.07, 6.45) is -1.15. The summed E-state index contributed by atoms with van der Waals surface area (Å²) in [4.78, 5) is 70.1. The smallest absolute Gasteiger partial charge is 0.412 e. The predicted molar refractivity (Wildman–Crippen MR) is 340 cm³/mol. The fraction of sp³-hybridized carbons (Fsp3) is 0.254. The zero-order chi connectivity index (χ0) is 67.6. The summed E-state index contributed by atoms with van der Waals surface area (Å²) in [7, 11) is 0. The topological polar surface area (TPSA) is 309 Å². The molecule has 3 atom stereocenters. The molecule has 22 nitrogen and oxygen atoms in total. The molecule has 0 radical (unpaired) electrons. The molecule has 0 bridgehead atoms. The Labute approximate surface area is 534 Å². The van der Waals surface area contributed by atoms with Crippen LogP contribution in [0.1, 0.15) is 131 Å². The maximum atomic E-state index is 12.7. The van der Waals surface area contributed by atoms with Crippen LogP contribution >= 0.6 is 0 Å². The van der Waals surface area contributed by atoms with Gasteiger partial charge in [0.05, 0.1) is 10.8 Å². The van der Waals surface area contributed by atoms with Crippen molar-refractivity contribution in [3.63, 3.8) is 0 Å². The maximum absolute atomic E-state index is 12.7. The number of carbonyl (C=O) groups is 4. The Bertz CT molecular complexity index is 4330. The van der Waals surface area contributed by atoms with Crippen molar-refractivity contribution < 1.29 is 84.6 Å². The Balaban J connectivity index is 0.000000189. The van der Waals surface area contributed by atoms with Gasteiger partial charge in [0.25, 0.3) is 6.26 Å². The van der Waals surface area contributed by atoms with Crippen LogP contribution in [0.3, 0.4) is 0 Å². The second kappa shape index (κ2) is 31.5. The van der Waals surface area contributed by atoms with Crippen LogP contribution in [0.25, 0.3) is 21.9 Å². The van der Waals surface area contributed by atoms with Crippen molar-refractivity contribution in [2.45, 2.75) is 108 Å². The molecule has 0 aliphatic rings. The van der Waals surface area contributed by atoms with Crippen LogP contribution in [0.5, 0.6) is 40.2 Å². The van der Waals surface area contributed by atoms with Gasteiger partial charge in [0.1, 0.15) is 71.1 Å². The second-order valence-electron chi connectivity index (χ2n) is 22.9. The maximum Gasteiger partial charge on any atom is 0.412 e. The highest BCUT2D eigenvalue weighted by Crippen LogP contribution is 2.37. The van der Waals surface area contributed by atoms with E-state index >= 15 is 0 Å². The predicted octanol–water partition coefficient (Wildman–Crippen LogP) is 16.0. The first-order valence-electron chi connectivity index (χ1n) is 29.0. The van der Waals surface area contributed by atoms with Crippen LogP contribution in [0.2, 0.25) is 0 Å². The normalized spacial score (nSPS) is 11.9. The number of fused-ring (bicyclic) bond motifs is 2. The first-order chi connectivity index (χ1) is 44.2. The summed E-state index contributed by atoms with van der Waals surface area (Å²) < 4.78 is 64.8. The molecule has 0 aliphatic heterocycles. The first kappa shape index (κ1) is 69.3. The SMILES string of the molecule is CC(O)c1oc(C=O)cc1Oc1ccccc1.CC(O)c1oc(COC(=O)C(C)(C)C)cc1Oc1ccccc1.Cc1cc(=O)oc2cc(NC(=O)OC(C)c3oc(COC(=O)C(C)(C)C)cc3Oc3ccccc3)ccc12.Cc1cc(=O)oc2cc(OC#N)ccc12. The van der Waals surface area contributed by atoms with E-state index in [2.05, 4.69) is 10.1 Å². The molecule has 3 N–H and O–H groups in total. The van der Waals surface area contributed by atoms with Gasteiger partial charge in [0, 0.05) is 58.9 Å². The number of aliphatic hydroxyl groups excluding tert-OH is 2. The molecule has 0 saturated heterocycles. The number of anilines is 1. The number of nitrogens with one attached hydrogen (secondary N) is 1. The van der Waals surface area contributed by atoms with Gasteiger partial charge in [-0.05, 0) is 148 Å². The molecule has 0 spiro atoms. The zero-order valence-corrected chi connectivity index (χ0v) is 52.9. The highest BCUT2D eigenvalue weighted by Gasteiger charge is 2.28. The van der Waals surface area contributed by atoms with E-state index in [0.717, 1.165) is 21.9 Å². The number of furan rings is 3. The number of ether oxygens (including phenoxy) is 7. The monoisotopic (exact) mass is 1270 g/mol. The molecule has 93 heavy (non-hydrogen) atoms. The number of nitrogens with zero attached hydrogens (tertiary/aromatic N) is 1. The number of aryl methyl sites for hydroxylation is 2. The molecule has 484 valence electrons. The minimum Gasteiger partial charge on any atom is -0.457 e. The molecule has 5 heterocycles. The van der Waals surface area contributed by atoms with E-state index in [9.17, 15) is 39.0 Å². The molecular formula is C71H70N2O20. The summed E-state index contributed by atoms with van der Waals surface area (Å²) in [5, 5.41) is 31.9. The van der Waals surface area contributed by atoms with E-state index in [1.807, 2.05) is 61.5 Å². The summed E-state index contributed by atoms with van der Waals surface area (Å²) >= 11 is 0. The lowest BCUT2D eigenvalue weighted by atomic mass is 9.97. The Kier molecular flexibility index (Phi) is 23.5. The summed E-state index contributed by atoms with van der Waals surface area (Å²) in [5.74, 6) is 4.22. The molecule has 0 aliphatic carbocycles. The zero-order valence-electron chi connectivity index (χ0n) is 52.9. The molecule has 5 aromatic heterocycles. The number of hydrogen-bond donors (Lipinski definition) is 3. The molecular weight excluding hydrogens is 1200 g/mol. The summed E-state index contributed by atoms with van der Waals surface area (Å²) in [6, 6.07) is 44.7. The third-order valence-electron chi connectivity index (χ3n) is 12.9. The Hall–Kier alpha value is -11.2. The number of aliphatic hydroxyl groups is 2. The van der Waals surface area contributed by atoms with Crippen LogP contribution in [0.15, 0.2) is 189 Å². The lowest BCUT2D eigenvalue weighted by Gasteiger charge is -2.15. The molecule has 10 aromatic rings. The third-order valence-corrected chi connectivity index (χ3v) is 12.9. The van der Waals surface area contributed by atoms with Gasteiger partial charge in [-0.2, -0.15) is 0 Å². The van der Waals surface area contributed by atoms with Crippen LogP contribution in [-0.2, 0) is 37.0 Å². The number of nitriles is 1. The van der Waals surface area contributed by atoms with Crippen molar-refractivity contribution in [1.29, 1.82) is 5.26 Å². The fourth-order valence-corrected chi connectivity index (χ4v) is 8.33. The van der Waals surface area contributed by atoms with Gasteiger partial charge < -0.3 is 65.5 Å². The molecule has 1 amide bonds. The van der Waals surface area contributed by atoms with E-state index in [1.165, 1.54) is 24.3 Å². The number of rotatable bonds is 17.